The molecule has 218 valence electrons. The maximum atomic E-state index is 13.5. The monoisotopic (exact) mass is 558 g/mol. The number of amides is 4. The highest BCUT2D eigenvalue weighted by molar-refractivity contribution is 6.20. The minimum absolute atomic E-state index is 0.0217. The van der Waals surface area contributed by atoms with Crippen LogP contribution < -0.4 is 11.1 Å². The summed E-state index contributed by atoms with van der Waals surface area (Å²) in [5.41, 5.74) is 5.64. The number of hydrogen-bond acceptors (Lipinski definition) is 8. The number of rotatable bonds is 17. The number of nitrogen functional groups attached to an aromatic ring is 1. The van der Waals surface area contributed by atoms with E-state index in [0.29, 0.717) is 47.7 Å². The van der Waals surface area contributed by atoms with E-state index in [0.717, 1.165) is 5.56 Å². The molecule has 1 heterocycles. The number of nitrogens with one attached hydrogen (secondary N) is 1. The Kier molecular flexibility index (Phi) is 12.0. The minimum atomic E-state index is -1.79. The summed E-state index contributed by atoms with van der Waals surface area (Å²) in [7, 11) is 0. The van der Waals surface area contributed by atoms with Gasteiger partial charge in [-0.1, -0.05) is 38.1 Å². The lowest BCUT2D eigenvalue weighted by Gasteiger charge is -2.46. The lowest BCUT2D eigenvalue weighted by atomic mass is 9.77. The van der Waals surface area contributed by atoms with E-state index in [1.165, 1.54) is 0 Å². The summed E-state index contributed by atoms with van der Waals surface area (Å²) in [6.07, 6.45) is 4.40. The van der Waals surface area contributed by atoms with Gasteiger partial charge in [0.15, 0.2) is 0 Å². The van der Waals surface area contributed by atoms with Crippen molar-refractivity contribution in [1.82, 2.24) is 15.1 Å². The summed E-state index contributed by atoms with van der Waals surface area (Å²) >= 11 is 0. The first-order valence-electron chi connectivity index (χ1n) is 13.4. The number of nitrogens with two attached hydrogens (primary N) is 1. The Morgan fingerprint density at radius 2 is 1.62 bits per heavy atom. The standard InChI is InChI=1S/C28H38N4O8/c1-3-28(4-2)25(38)31(27(40)32(26(28)39)22(24(36)37)14-15-23(34)35)21(18-33)9-5-6-16-30-17-7-8-19-10-12-20(29)13-11-19/h7-8,10-13,18,21-22,30H,3-6,9,14-17,29H2,1-2H3,(H,34,35)(H,36,37)/b8-7+/t21-,22?/m0/s1. The predicted molar refractivity (Wildman–Crippen MR) is 147 cm³/mol. The average molecular weight is 559 g/mol. The van der Waals surface area contributed by atoms with Crippen molar-refractivity contribution in [2.75, 3.05) is 18.8 Å². The number of aldehydes is 1. The molecule has 40 heavy (non-hydrogen) atoms. The van der Waals surface area contributed by atoms with Crippen LogP contribution in [-0.4, -0.2) is 81.3 Å². The molecule has 0 spiro atoms. The topological polar surface area (TPSA) is 187 Å². The van der Waals surface area contributed by atoms with Gasteiger partial charge in [-0.25, -0.2) is 14.5 Å². The first-order chi connectivity index (χ1) is 19.0. The fourth-order valence-corrected chi connectivity index (χ4v) is 4.74. The highest BCUT2D eigenvalue weighted by atomic mass is 16.4. The molecule has 2 rings (SSSR count). The number of carbonyl (C=O) groups is 6. The fourth-order valence-electron chi connectivity index (χ4n) is 4.74. The third-order valence-corrected chi connectivity index (χ3v) is 7.21. The van der Waals surface area contributed by atoms with E-state index in [1.807, 2.05) is 36.4 Å². The Morgan fingerprint density at radius 3 is 2.17 bits per heavy atom. The van der Waals surface area contributed by atoms with Crippen LogP contribution in [0.2, 0.25) is 0 Å². The van der Waals surface area contributed by atoms with E-state index in [2.05, 4.69) is 5.32 Å². The zero-order valence-electron chi connectivity index (χ0n) is 22.9. The third kappa shape index (κ3) is 7.53. The van der Waals surface area contributed by atoms with Gasteiger partial charge in [-0.05, 0) is 62.8 Å². The van der Waals surface area contributed by atoms with Gasteiger partial charge >= 0.3 is 18.0 Å². The van der Waals surface area contributed by atoms with E-state index in [4.69, 9.17) is 10.8 Å². The van der Waals surface area contributed by atoms with Crippen LogP contribution in [0, 0.1) is 5.41 Å². The highest BCUT2D eigenvalue weighted by Gasteiger charge is 2.59. The molecule has 0 aromatic heterocycles. The van der Waals surface area contributed by atoms with Crippen molar-refractivity contribution < 1.29 is 39.0 Å². The normalized spacial score (nSPS) is 16.8. The lowest BCUT2D eigenvalue weighted by Crippen LogP contribution is -2.70. The second kappa shape index (κ2) is 14.9. The molecular weight excluding hydrogens is 520 g/mol. The van der Waals surface area contributed by atoms with E-state index >= 15 is 0 Å². The molecule has 1 aliphatic rings. The Hall–Kier alpha value is -4.06. The summed E-state index contributed by atoms with van der Waals surface area (Å²) < 4.78 is 0. The highest BCUT2D eigenvalue weighted by Crippen LogP contribution is 2.38. The van der Waals surface area contributed by atoms with Crippen LogP contribution in [-0.2, 0) is 24.0 Å². The fraction of sp³-hybridized carbons (Fsp3) is 0.500. The van der Waals surface area contributed by atoms with Crippen molar-refractivity contribution in [2.45, 2.75) is 70.9 Å². The first kappa shape index (κ1) is 32.2. The number of aliphatic carboxylic acids is 2. The number of barbiturate groups is 1. The molecule has 1 aromatic carbocycles. The van der Waals surface area contributed by atoms with Crippen LogP contribution >= 0.6 is 0 Å². The molecule has 12 heteroatoms. The SMILES string of the molecule is CCC1(CC)C(=O)N(C(CCC(=O)O)C(=O)O)C(=O)N([C@H](C=O)CCCCNC/C=C/c2ccc(N)cc2)C1=O. The number of unbranched alkanes of at least 4 members (excludes halogenated alkanes) is 1. The number of carboxylic acids is 2. The van der Waals surface area contributed by atoms with Gasteiger partial charge < -0.3 is 26.1 Å². The molecule has 0 radical (unpaired) electrons. The van der Waals surface area contributed by atoms with Gasteiger partial charge in [-0.15, -0.1) is 0 Å². The van der Waals surface area contributed by atoms with Gasteiger partial charge in [0, 0.05) is 18.7 Å². The maximum Gasteiger partial charge on any atom is 0.334 e. The Labute approximate surface area is 233 Å². The van der Waals surface area contributed by atoms with Gasteiger partial charge in [0.2, 0.25) is 11.8 Å². The Balaban J connectivity index is 2.09. The lowest BCUT2D eigenvalue weighted by molar-refractivity contribution is -0.167. The summed E-state index contributed by atoms with van der Waals surface area (Å²) in [6.45, 7) is 4.35. The smallest absolute Gasteiger partial charge is 0.334 e. The van der Waals surface area contributed by atoms with Crippen molar-refractivity contribution >= 4 is 47.8 Å². The molecule has 5 N–H and O–H groups in total. The first-order valence-corrected chi connectivity index (χ1v) is 13.4. The van der Waals surface area contributed by atoms with Crippen molar-refractivity contribution in [1.29, 1.82) is 0 Å². The molecule has 0 saturated carbocycles. The van der Waals surface area contributed by atoms with Crippen molar-refractivity contribution in [3.05, 3.63) is 35.9 Å². The molecule has 4 amide bonds. The second-order valence-electron chi connectivity index (χ2n) is 9.68. The van der Waals surface area contributed by atoms with Crippen LogP contribution in [0.4, 0.5) is 10.5 Å². The van der Waals surface area contributed by atoms with Crippen molar-refractivity contribution in [3.8, 4) is 0 Å². The van der Waals surface area contributed by atoms with E-state index in [1.54, 1.807) is 13.8 Å². The molecular formula is C28H38N4O8. The number of benzene rings is 1. The third-order valence-electron chi connectivity index (χ3n) is 7.21. The maximum absolute atomic E-state index is 13.5. The number of urea groups is 1. The van der Waals surface area contributed by atoms with Crippen LogP contribution in [0.5, 0.6) is 0 Å². The molecule has 0 bridgehead atoms. The van der Waals surface area contributed by atoms with Crippen LogP contribution in [0.1, 0.15) is 64.4 Å². The van der Waals surface area contributed by atoms with Gasteiger partial charge in [0.1, 0.15) is 17.7 Å². The minimum Gasteiger partial charge on any atom is -0.481 e. The summed E-state index contributed by atoms with van der Waals surface area (Å²) in [6, 6.07) is 3.22. The van der Waals surface area contributed by atoms with Crippen LogP contribution in [0.3, 0.4) is 0 Å². The quantitative estimate of drug-likeness (QED) is 0.0957. The van der Waals surface area contributed by atoms with Crippen LogP contribution in [0.25, 0.3) is 6.08 Å². The molecule has 12 nitrogen and oxygen atoms in total. The number of imide groups is 2. The predicted octanol–water partition coefficient (Wildman–Crippen LogP) is 2.52. The Bertz CT molecular complexity index is 1110. The van der Waals surface area contributed by atoms with Crippen LogP contribution in [0.15, 0.2) is 30.3 Å². The molecule has 1 unspecified atom stereocenters. The molecule has 0 aliphatic carbocycles. The molecule has 1 aliphatic heterocycles. The van der Waals surface area contributed by atoms with Crippen molar-refractivity contribution in [2.24, 2.45) is 5.41 Å². The zero-order valence-corrected chi connectivity index (χ0v) is 22.9. The average Bonchev–Trinajstić information content (AvgIpc) is 2.92. The summed E-state index contributed by atoms with van der Waals surface area (Å²) in [5.74, 6) is -4.69. The Morgan fingerprint density at radius 1 is 1.00 bits per heavy atom. The summed E-state index contributed by atoms with van der Waals surface area (Å²) in [5, 5.41) is 22.0. The van der Waals surface area contributed by atoms with E-state index in [-0.39, 0.29) is 19.3 Å². The zero-order chi connectivity index (χ0) is 29.9. The number of hydrogen-bond donors (Lipinski definition) is 4. The summed E-state index contributed by atoms with van der Waals surface area (Å²) in [4.78, 5) is 76.6. The van der Waals surface area contributed by atoms with E-state index in [9.17, 15) is 33.9 Å². The molecule has 2 atom stereocenters. The van der Waals surface area contributed by atoms with E-state index < -0.39 is 60.1 Å². The molecule has 1 fully saturated rings. The number of anilines is 1. The number of carbonyl (C=O) groups excluding carboxylic acids is 4. The van der Waals surface area contributed by atoms with Gasteiger partial charge in [0.05, 0.1) is 6.04 Å². The van der Waals surface area contributed by atoms with Gasteiger partial charge in [-0.2, -0.15) is 0 Å². The van der Waals surface area contributed by atoms with Crippen molar-refractivity contribution in [3.63, 3.8) is 0 Å². The van der Waals surface area contributed by atoms with Gasteiger partial charge in [-0.3, -0.25) is 19.3 Å². The second-order valence-corrected chi connectivity index (χ2v) is 9.68. The largest absolute Gasteiger partial charge is 0.481 e. The molecule has 1 saturated heterocycles. The molecule has 1 aromatic rings. The van der Waals surface area contributed by atoms with Gasteiger partial charge in [0.25, 0.3) is 0 Å². The number of carboxylic acid groups (broad SMARTS) is 2. The number of nitrogens with zero attached hydrogens (tertiary/aromatic N) is 2.